The Morgan fingerprint density at radius 3 is 2.29 bits per heavy atom. The molecule has 11 rings (SSSR count). The molecule has 4 atom stereocenters. The number of amides is 3. The van der Waals surface area contributed by atoms with Crippen molar-refractivity contribution in [3.05, 3.63) is 64.7 Å². The SMILES string of the molecule is C#Cc1ccc(CNC(=O)[C@@H]2C[C@@H](O)CN2C(=O)[C@@H](NC(=O)[C@H]2CCC3(CC2)C[C@H](N2CCC(N4CC5(CC(N6CCN7c8cc(-c9ccccc9O)nnc8NC[C@H]7C6)C5)C4)CC2)C3)C(C)(C)C)c(Cl)c1. The van der Waals surface area contributed by atoms with Crippen molar-refractivity contribution in [1.29, 1.82) is 0 Å². The van der Waals surface area contributed by atoms with Gasteiger partial charge in [0.15, 0.2) is 5.82 Å². The van der Waals surface area contributed by atoms with Gasteiger partial charge in [-0.3, -0.25) is 24.2 Å². The Bertz CT molecular complexity index is 2580. The number of aromatic hydroxyl groups is 1. The molecule has 384 valence electrons. The summed E-state index contributed by atoms with van der Waals surface area (Å²) in [5, 5.41) is 40.1. The fourth-order valence-electron chi connectivity index (χ4n) is 14.2. The lowest BCUT2D eigenvalue weighted by Gasteiger charge is -2.64. The molecule has 0 bridgehead atoms. The summed E-state index contributed by atoms with van der Waals surface area (Å²) >= 11 is 6.40. The number of aliphatic hydroxyl groups excluding tert-OH is 1. The Morgan fingerprint density at radius 1 is 0.861 bits per heavy atom. The fraction of sp³-hybridized carbons (Fsp3) is 0.625. The van der Waals surface area contributed by atoms with Crippen LogP contribution >= 0.6 is 11.6 Å². The molecule has 8 aliphatic rings. The maximum Gasteiger partial charge on any atom is 0.246 e. The predicted octanol–water partition coefficient (Wildman–Crippen LogP) is 5.48. The number of fused-ring (bicyclic) bond motifs is 3. The molecule has 5 aliphatic heterocycles. The normalized spacial score (nSPS) is 29.2. The van der Waals surface area contributed by atoms with E-state index in [-0.39, 0.29) is 48.9 Å². The van der Waals surface area contributed by atoms with Crippen molar-refractivity contribution in [2.24, 2.45) is 22.2 Å². The second-order valence-corrected chi connectivity index (χ2v) is 24.6. The molecule has 2 aromatic carbocycles. The number of phenols is 1. The van der Waals surface area contributed by atoms with Crippen LogP contribution in [-0.2, 0) is 20.9 Å². The van der Waals surface area contributed by atoms with Gasteiger partial charge in [-0.2, -0.15) is 0 Å². The summed E-state index contributed by atoms with van der Waals surface area (Å²) in [7, 11) is 0. The lowest BCUT2D eigenvalue weighted by molar-refractivity contribution is -0.145. The number of para-hydroxylation sites is 1. The van der Waals surface area contributed by atoms with Crippen LogP contribution in [0.2, 0.25) is 5.02 Å². The molecule has 3 saturated carbocycles. The fourth-order valence-corrected chi connectivity index (χ4v) is 14.4. The van der Waals surface area contributed by atoms with E-state index in [0.717, 1.165) is 63.4 Å². The molecular formula is C56H73ClN10O5. The number of halogens is 1. The first kappa shape index (κ1) is 49.2. The molecule has 16 heteroatoms. The number of phenolic OH excluding ortho intramolecular Hbond substituents is 1. The molecule has 0 unspecified atom stereocenters. The largest absolute Gasteiger partial charge is 0.507 e. The van der Waals surface area contributed by atoms with Crippen LogP contribution in [0.1, 0.15) is 103 Å². The highest BCUT2D eigenvalue weighted by molar-refractivity contribution is 6.31. The number of carbonyl (C=O) groups excluding carboxylic acids is 3. The topological polar surface area (TPSA) is 170 Å². The van der Waals surface area contributed by atoms with Crippen molar-refractivity contribution in [1.82, 2.24) is 40.4 Å². The van der Waals surface area contributed by atoms with Crippen LogP contribution in [0, 0.1) is 34.5 Å². The van der Waals surface area contributed by atoms with Crippen LogP contribution in [0.25, 0.3) is 11.3 Å². The monoisotopic (exact) mass is 1000 g/mol. The van der Waals surface area contributed by atoms with E-state index in [4.69, 9.17) is 18.0 Å². The first-order valence-corrected chi connectivity index (χ1v) is 27.1. The minimum Gasteiger partial charge on any atom is -0.507 e. The molecule has 3 aromatic rings. The molecule has 7 fully saturated rings. The van der Waals surface area contributed by atoms with E-state index in [1.54, 1.807) is 24.3 Å². The third-order valence-corrected chi connectivity index (χ3v) is 18.8. The van der Waals surface area contributed by atoms with Crippen LogP contribution in [0.4, 0.5) is 11.5 Å². The Kier molecular flexibility index (Phi) is 13.3. The number of hydrogen-bond acceptors (Lipinski definition) is 12. The van der Waals surface area contributed by atoms with Gasteiger partial charge < -0.3 is 40.9 Å². The standard InChI is InChI=1S/C56H73ClN10O5/c1-5-35-10-11-37(44(57)22-35)29-59-52(71)47-23-42(68)32-67(47)53(72)49(54(2,3)4)60-51(70)36-12-16-55(17-13-36)25-39(26-55)63-18-14-38(15-19-63)65-33-56(34-65)27-40(28-56)64-20-21-66-41(31-64)30-58-50-46(66)24-45(61-62-50)43-8-6-7-9-48(43)69/h1,6-11,22,24,36,38-42,47,49,68-69H,12-21,23,25-34H2,2-4H3,(H,58,62)(H,59,71)(H,60,70)/t36-,39-,41-,42+,47-,49+,55?/m0/s1. The van der Waals surface area contributed by atoms with Gasteiger partial charge in [0.25, 0.3) is 0 Å². The molecule has 0 radical (unpaired) electrons. The van der Waals surface area contributed by atoms with Gasteiger partial charge in [0.05, 0.1) is 23.5 Å². The molecule has 5 N–H and O–H groups in total. The summed E-state index contributed by atoms with van der Waals surface area (Å²) in [5.41, 5.74) is 4.04. The van der Waals surface area contributed by atoms with Gasteiger partial charge in [-0.1, -0.05) is 56.5 Å². The van der Waals surface area contributed by atoms with Gasteiger partial charge >= 0.3 is 0 Å². The van der Waals surface area contributed by atoms with Crippen LogP contribution in [-0.4, -0.2) is 159 Å². The number of terminal acetylenes is 1. The molecule has 1 aromatic heterocycles. The average molecular weight is 1000 g/mol. The smallest absolute Gasteiger partial charge is 0.246 e. The number of carbonyl (C=O) groups is 3. The lowest BCUT2D eigenvalue weighted by Crippen LogP contribution is -2.71. The number of anilines is 2. The molecule has 72 heavy (non-hydrogen) atoms. The maximum atomic E-state index is 14.3. The Morgan fingerprint density at radius 2 is 1.58 bits per heavy atom. The van der Waals surface area contributed by atoms with Crippen LogP contribution in [0.5, 0.6) is 5.75 Å². The molecule has 4 saturated heterocycles. The number of nitrogens with zero attached hydrogens (tertiary/aromatic N) is 7. The van der Waals surface area contributed by atoms with Crippen LogP contribution < -0.4 is 20.9 Å². The predicted molar refractivity (Wildman–Crippen MR) is 278 cm³/mol. The summed E-state index contributed by atoms with van der Waals surface area (Å²) in [5.74, 6) is 2.64. The van der Waals surface area contributed by atoms with Crippen LogP contribution in [0.3, 0.4) is 0 Å². The summed E-state index contributed by atoms with van der Waals surface area (Å²) in [4.78, 5) is 54.0. The second-order valence-electron chi connectivity index (χ2n) is 24.1. The zero-order valence-corrected chi connectivity index (χ0v) is 43.0. The highest BCUT2D eigenvalue weighted by Crippen LogP contribution is 2.56. The molecule has 2 spiro atoms. The number of piperidine rings is 1. The lowest BCUT2D eigenvalue weighted by atomic mass is 9.56. The van der Waals surface area contributed by atoms with E-state index in [2.05, 4.69) is 57.7 Å². The van der Waals surface area contributed by atoms with Crippen molar-refractivity contribution in [2.45, 2.75) is 140 Å². The van der Waals surface area contributed by atoms with Gasteiger partial charge in [0.2, 0.25) is 17.7 Å². The number of aromatic nitrogens is 2. The van der Waals surface area contributed by atoms with E-state index in [9.17, 15) is 24.6 Å². The number of rotatable bonds is 10. The number of likely N-dealkylation sites (tertiary alicyclic amines) is 3. The van der Waals surface area contributed by atoms with E-state index in [0.29, 0.717) is 62.4 Å². The van der Waals surface area contributed by atoms with E-state index in [1.165, 1.54) is 69.6 Å². The van der Waals surface area contributed by atoms with Gasteiger partial charge in [-0.05, 0) is 129 Å². The quantitative estimate of drug-likeness (QED) is 0.163. The van der Waals surface area contributed by atoms with Crippen molar-refractivity contribution in [3.8, 4) is 29.4 Å². The number of aliphatic hydroxyl groups is 1. The van der Waals surface area contributed by atoms with Crippen molar-refractivity contribution in [3.63, 3.8) is 0 Å². The first-order chi connectivity index (χ1) is 34.6. The maximum absolute atomic E-state index is 14.3. The molecule has 15 nitrogen and oxygen atoms in total. The van der Waals surface area contributed by atoms with E-state index >= 15 is 0 Å². The van der Waals surface area contributed by atoms with E-state index in [1.807, 2.05) is 39.0 Å². The highest BCUT2D eigenvalue weighted by atomic mass is 35.5. The third-order valence-electron chi connectivity index (χ3n) is 18.4. The third kappa shape index (κ3) is 9.55. The molecule has 3 amide bonds. The van der Waals surface area contributed by atoms with Gasteiger partial charge in [0, 0.05) is 99.0 Å². The zero-order chi connectivity index (χ0) is 50.1. The molecule has 3 aliphatic carbocycles. The Balaban J connectivity index is 0.596. The second kappa shape index (κ2) is 19.4. The van der Waals surface area contributed by atoms with Gasteiger partial charge in [-0.15, -0.1) is 16.6 Å². The van der Waals surface area contributed by atoms with Crippen molar-refractivity contribution < 1.29 is 24.6 Å². The van der Waals surface area contributed by atoms with Gasteiger partial charge in [0.1, 0.15) is 17.8 Å². The number of nitrogens with one attached hydrogen (secondary N) is 3. The van der Waals surface area contributed by atoms with E-state index < -0.39 is 23.6 Å². The Hall–Kier alpha value is -4.98. The summed E-state index contributed by atoms with van der Waals surface area (Å²) in [6.07, 6.45) is 16.1. The number of piperazine rings is 1. The minimum atomic E-state index is -0.867. The Labute approximate surface area is 429 Å². The summed E-state index contributed by atoms with van der Waals surface area (Å²) in [6, 6.07) is 15.3. The summed E-state index contributed by atoms with van der Waals surface area (Å²) in [6.45, 7) is 14.8. The number of β-amino-alcohol motifs (C(OH)–C–C–N with tert-alkyl or cyclic N) is 1. The van der Waals surface area contributed by atoms with Crippen molar-refractivity contribution >= 4 is 40.8 Å². The van der Waals surface area contributed by atoms with Crippen molar-refractivity contribution in [2.75, 3.05) is 69.1 Å². The van der Waals surface area contributed by atoms with Gasteiger partial charge in [-0.25, -0.2) is 0 Å². The minimum absolute atomic E-state index is 0.0275. The summed E-state index contributed by atoms with van der Waals surface area (Å²) < 4.78 is 0. The van der Waals surface area contributed by atoms with Crippen LogP contribution in [0.15, 0.2) is 48.5 Å². The first-order valence-electron chi connectivity index (χ1n) is 26.8. The zero-order valence-electron chi connectivity index (χ0n) is 42.3. The number of benzene rings is 2. The molecule has 6 heterocycles. The number of hydrogen-bond donors (Lipinski definition) is 5. The highest BCUT2D eigenvalue weighted by Gasteiger charge is 2.56. The molecular weight excluding hydrogens is 928 g/mol. The average Bonchev–Trinajstić information content (AvgIpc) is 3.74.